The number of methoxy groups -OCH3 is 1. The number of benzene rings is 2. The minimum Gasteiger partial charge on any atom is -0.465 e. The van der Waals surface area contributed by atoms with Crippen LogP contribution in [0.3, 0.4) is 0 Å². The van der Waals surface area contributed by atoms with Gasteiger partial charge >= 0.3 is 5.97 Å². The smallest absolute Gasteiger partial charge is 0.339 e. The zero-order valence-corrected chi connectivity index (χ0v) is 15.3. The Morgan fingerprint density at radius 2 is 1.68 bits per heavy atom. The summed E-state index contributed by atoms with van der Waals surface area (Å²) >= 11 is 0. The molecule has 1 heterocycles. The number of aromatic nitrogens is 3. The lowest BCUT2D eigenvalue weighted by Gasteiger charge is -2.10. The molecular weight excluding hydrogens is 360 g/mol. The normalized spacial score (nSPS) is 10.1. The highest BCUT2D eigenvalue weighted by molar-refractivity contribution is 5.96. The zero-order valence-electron chi connectivity index (χ0n) is 15.3. The molecule has 0 aliphatic rings. The molecule has 0 saturated carbocycles. The van der Waals surface area contributed by atoms with Crippen LogP contribution in [0, 0.1) is 0 Å². The van der Waals surface area contributed by atoms with Gasteiger partial charge in [-0.25, -0.2) is 4.79 Å². The highest BCUT2D eigenvalue weighted by atomic mass is 16.5. The van der Waals surface area contributed by atoms with Gasteiger partial charge < -0.3 is 20.7 Å². The molecule has 9 heteroatoms. The lowest BCUT2D eigenvalue weighted by Crippen LogP contribution is -2.08. The summed E-state index contributed by atoms with van der Waals surface area (Å²) in [7, 11) is 1.32. The fourth-order valence-electron chi connectivity index (χ4n) is 2.41. The van der Waals surface area contributed by atoms with Crippen LogP contribution in [-0.2, 0) is 9.53 Å². The van der Waals surface area contributed by atoms with Crippen LogP contribution in [0.5, 0.6) is 0 Å². The summed E-state index contributed by atoms with van der Waals surface area (Å²) in [5.74, 6) is 0.0739. The van der Waals surface area contributed by atoms with Crippen LogP contribution in [0.4, 0.5) is 28.8 Å². The molecule has 142 valence electrons. The predicted octanol–water partition coefficient (Wildman–Crippen LogP) is 3.10. The molecule has 28 heavy (non-hydrogen) atoms. The van der Waals surface area contributed by atoms with E-state index in [4.69, 9.17) is 4.74 Å². The Bertz CT molecular complexity index is 991. The summed E-state index contributed by atoms with van der Waals surface area (Å²) in [4.78, 5) is 27.3. The minimum atomic E-state index is -0.468. The minimum absolute atomic E-state index is 0.135. The summed E-state index contributed by atoms with van der Waals surface area (Å²) < 4.78 is 4.78. The first kappa shape index (κ1) is 18.8. The van der Waals surface area contributed by atoms with Gasteiger partial charge in [0.15, 0.2) is 5.82 Å². The fourth-order valence-corrected chi connectivity index (χ4v) is 2.41. The molecule has 3 aromatic rings. The Hall–Kier alpha value is -4.01. The van der Waals surface area contributed by atoms with Gasteiger partial charge in [-0.1, -0.05) is 12.1 Å². The molecule has 0 aliphatic carbocycles. The van der Waals surface area contributed by atoms with Crippen LogP contribution < -0.4 is 16.0 Å². The third-order valence-corrected chi connectivity index (χ3v) is 3.62. The van der Waals surface area contributed by atoms with Crippen molar-refractivity contribution >= 4 is 40.7 Å². The van der Waals surface area contributed by atoms with Crippen molar-refractivity contribution in [2.24, 2.45) is 0 Å². The molecule has 1 aromatic heterocycles. The molecule has 3 N–H and O–H groups in total. The molecule has 0 radical (unpaired) electrons. The van der Waals surface area contributed by atoms with Crippen molar-refractivity contribution < 1.29 is 14.3 Å². The molecule has 0 bridgehead atoms. The van der Waals surface area contributed by atoms with Crippen molar-refractivity contribution in [2.75, 3.05) is 23.1 Å². The number of ether oxygens (including phenoxy) is 1. The third kappa shape index (κ3) is 4.79. The Morgan fingerprint density at radius 1 is 0.964 bits per heavy atom. The van der Waals surface area contributed by atoms with E-state index >= 15 is 0 Å². The number of anilines is 5. The molecule has 1 amide bonds. The molecule has 3 rings (SSSR count). The maximum Gasteiger partial charge on any atom is 0.339 e. The van der Waals surface area contributed by atoms with E-state index in [1.54, 1.807) is 48.5 Å². The number of carbonyl (C=O) groups excluding carboxylic acids is 2. The van der Waals surface area contributed by atoms with E-state index in [1.807, 2.05) is 0 Å². The Kier molecular flexibility index (Phi) is 5.75. The number of rotatable bonds is 6. The van der Waals surface area contributed by atoms with Crippen molar-refractivity contribution in [1.29, 1.82) is 0 Å². The van der Waals surface area contributed by atoms with E-state index in [0.29, 0.717) is 22.8 Å². The average Bonchev–Trinajstić information content (AvgIpc) is 2.69. The van der Waals surface area contributed by atoms with Gasteiger partial charge in [-0.2, -0.15) is 10.1 Å². The van der Waals surface area contributed by atoms with Crippen LogP contribution in [-0.4, -0.2) is 34.2 Å². The van der Waals surface area contributed by atoms with Gasteiger partial charge in [0.25, 0.3) is 0 Å². The van der Waals surface area contributed by atoms with Crippen LogP contribution in [0.25, 0.3) is 0 Å². The Morgan fingerprint density at radius 3 is 2.39 bits per heavy atom. The summed E-state index contributed by atoms with van der Waals surface area (Å²) in [6.45, 7) is 1.45. The highest BCUT2D eigenvalue weighted by Gasteiger charge is 2.12. The zero-order chi connectivity index (χ0) is 19.9. The lowest BCUT2D eigenvalue weighted by molar-refractivity contribution is -0.114. The lowest BCUT2D eigenvalue weighted by atomic mass is 10.2. The summed E-state index contributed by atoms with van der Waals surface area (Å²) in [5, 5.41) is 16.6. The summed E-state index contributed by atoms with van der Waals surface area (Å²) in [6, 6.07) is 14.0. The number of nitrogens with one attached hydrogen (secondary N) is 3. The Labute approximate surface area is 161 Å². The van der Waals surface area contributed by atoms with Crippen LogP contribution >= 0.6 is 0 Å². The number of esters is 1. The topological polar surface area (TPSA) is 118 Å². The maximum atomic E-state index is 11.9. The molecule has 0 fully saturated rings. The van der Waals surface area contributed by atoms with E-state index in [1.165, 1.54) is 20.2 Å². The van der Waals surface area contributed by atoms with Crippen LogP contribution in [0.15, 0.2) is 54.7 Å². The standard InChI is InChI=1S/C19H18N6O3/c1-12(26)21-13-7-9-14(10-8-13)22-17-11-20-25-19(24-17)23-16-6-4-3-5-15(16)18(27)28-2/h3-11H,1-2H3,(H,21,26)(H2,22,23,24,25). The molecule has 0 atom stereocenters. The van der Waals surface area contributed by atoms with E-state index < -0.39 is 5.97 Å². The predicted molar refractivity (Wildman–Crippen MR) is 105 cm³/mol. The van der Waals surface area contributed by atoms with Gasteiger partial charge in [0, 0.05) is 18.3 Å². The first-order chi connectivity index (χ1) is 13.5. The molecule has 2 aromatic carbocycles. The van der Waals surface area contributed by atoms with Gasteiger partial charge in [0.05, 0.1) is 24.6 Å². The van der Waals surface area contributed by atoms with Crippen molar-refractivity contribution in [3.05, 3.63) is 60.3 Å². The maximum absolute atomic E-state index is 11.9. The summed E-state index contributed by atoms with van der Waals surface area (Å²) in [6.07, 6.45) is 1.47. The average molecular weight is 378 g/mol. The number of carbonyl (C=O) groups is 2. The van der Waals surface area contributed by atoms with Crippen molar-refractivity contribution in [2.45, 2.75) is 6.92 Å². The second kappa shape index (κ2) is 8.58. The van der Waals surface area contributed by atoms with E-state index in [0.717, 1.165) is 5.69 Å². The SMILES string of the molecule is COC(=O)c1ccccc1Nc1nncc(Nc2ccc(NC(C)=O)cc2)n1. The second-order valence-corrected chi connectivity index (χ2v) is 5.71. The Balaban J connectivity index is 1.74. The number of amides is 1. The van der Waals surface area contributed by atoms with Crippen LogP contribution in [0.2, 0.25) is 0 Å². The van der Waals surface area contributed by atoms with Crippen molar-refractivity contribution in [3.63, 3.8) is 0 Å². The van der Waals surface area contributed by atoms with Crippen LogP contribution in [0.1, 0.15) is 17.3 Å². The monoisotopic (exact) mass is 378 g/mol. The van der Waals surface area contributed by atoms with Crippen molar-refractivity contribution in [3.8, 4) is 0 Å². The second-order valence-electron chi connectivity index (χ2n) is 5.71. The quantitative estimate of drug-likeness (QED) is 0.560. The molecule has 0 aliphatic heterocycles. The highest BCUT2D eigenvalue weighted by Crippen LogP contribution is 2.21. The molecular formula is C19H18N6O3. The van der Waals surface area contributed by atoms with E-state index in [-0.39, 0.29) is 11.9 Å². The van der Waals surface area contributed by atoms with Gasteiger partial charge in [-0.05, 0) is 36.4 Å². The first-order valence-corrected chi connectivity index (χ1v) is 8.34. The molecule has 9 nitrogen and oxygen atoms in total. The fraction of sp³-hybridized carbons (Fsp3) is 0.105. The van der Waals surface area contributed by atoms with Crippen molar-refractivity contribution in [1.82, 2.24) is 15.2 Å². The molecule has 0 unspecified atom stereocenters. The van der Waals surface area contributed by atoms with E-state index in [2.05, 4.69) is 31.1 Å². The molecule has 0 spiro atoms. The third-order valence-electron chi connectivity index (χ3n) is 3.62. The first-order valence-electron chi connectivity index (χ1n) is 8.34. The number of hydrogen-bond donors (Lipinski definition) is 3. The number of nitrogens with zero attached hydrogens (tertiary/aromatic N) is 3. The van der Waals surface area contributed by atoms with Gasteiger partial charge in [0.2, 0.25) is 11.9 Å². The van der Waals surface area contributed by atoms with Gasteiger partial charge in [0.1, 0.15) is 0 Å². The van der Waals surface area contributed by atoms with Gasteiger partial charge in [-0.3, -0.25) is 4.79 Å². The van der Waals surface area contributed by atoms with E-state index in [9.17, 15) is 9.59 Å². The molecule has 0 saturated heterocycles. The number of hydrogen-bond acceptors (Lipinski definition) is 8. The largest absolute Gasteiger partial charge is 0.465 e. The van der Waals surface area contributed by atoms with Gasteiger partial charge in [-0.15, -0.1) is 5.10 Å². The number of para-hydroxylation sites is 1. The summed E-state index contributed by atoms with van der Waals surface area (Å²) in [5.41, 5.74) is 2.32.